The fourth-order valence-corrected chi connectivity index (χ4v) is 1.19. The van der Waals surface area contributed by atoms with Crippen molar-refractivity contribution in [1.82, 2.24) is 4.98 Å². The maximum absolute atomic E-state index is 11.5. The van der Waals surface area contributed by atoms with Crippen LogP contribution in [0.15, 0.2) is 18.3 Å². The molecule has 0 saturated carbocycles. The summed E-state index contributed by atoms with van der Waals surface area (Å²) in [7, 11) is 0. The molecule has 0 aliphatic rings. The van der Waals surface area contributed by atoms with Crippen molar-refractivity contribution in [3.8, 4) is 0 Å². The summed E-state index contributed by atoms with van der Waals surface area (Å²) in [5.41, 5.74) is 0.962. The Balaban J connectivity index is 2.71. The number of carbonyl (C=O) groups is 1. The summed E-state index contributed by atoms with van der Waals surface area (Å²) < 4.78 is 0. The molecule has 0 aromatic carbocycles. The second-order valence-corrected chi connectivity index (χ2v) is 4.37. The van der Waals surface area contributed by atoms with Crippen LogP contribution in [0.25, 0.3) is 0 Å². The van der Waals surface area contributed by atoms with E-state index in [4.69, 9.17) is 0 Å². The van der Waals surface area contributed by atoms with Crippen molar-refractivity contribution in [2.75, 3.05) is 10.6 Å². The molecular formula is C12H19N3O. The molecule has 0 atom stereocenters. The molecule has 88 valence electrons. The minimum absolute atomic E-state index is 0.0193. The second-order valence-electron chi connectivity index (χ2n) is 4.37. The van der Waals surface area contributed by atoms with Gasteiger partial charge < -0.3 is 10.6 Å². The van der Waals surface area contributed by atoms with Gasteiger partial charge in [0.2, 0.25) is 5.91 Å². The van der Waals surface area contributed by atoms with Gasteiger partial charge in [-0.2, -0.15) is 0 Å². The van der Waals surface area contributed by atoms with Crippen LogP contribution in [-0.2, 0) is 4.79 Å². The fourth-order valence-electron chi connectivity index (χ4n) is 1.19. The lowest BCUT2D eigenvalue weighted by Gasteiger charge is -2.11. The summed E-state index contributed by atoms with van der Waals surface area (Å²) in [6, 6.07) is 4.07. The quantitative estimate of drug-likeness (QED) is 0.821. The SMILES string of the molecule is CC(C)Nc1ccnc(NC(=O)C(C)C)c1. The van der Waals surface area contributed by atoms with Crippen molar-refractivity contribution in [3.63, 3.8) is 0 Å². The summed E-state index contributed by atoms with van der Waals surface area (Å²) in [5.74, 6) is 0.530. The number of carbonyl (C=O) groups excluding carboxylic acids is 1. The van der Waals surface area contributed by atoms with E-state index in [-0.39, 0.29) is 11.8 Å². The number of nitrogens with one attached hydrogen (secondary N) is 2. The number of rotatable bonds is 4. The number of anilines is 2. The lowest BCUT2D eigenvalue weighted by atomic mass is 10.2. The van der Waals surface area contributed by atoms with E-state index in [9.17, 15) is 4.79 Å². The largest absolute Gasteiger partial charge is 0.383 e. The number of hydrogen-bond donors (Lipinski definition) is 2. The van der Waals surface area contributed by atoms with Crippen LogP contribution in [0.4, 0.5) is 11.5 Å². The average molecular weight is 221 g/mol. The maximum atomic E-state index is 11.5. The molecule has 1 heterocycles. The molecular weight excluding hydrogens is 202 g/mol. The zero-order valence-corrected chi connectivity index (χ0v) is 10.2. The molecule has 4 heteroatoms. The van der Waals surface area contributed by atoms with Crippen LogP contribution in [0.5, 0.6) is 0 Å². The van der Waals surface area contributed by atoms with E-state index in [1.165, 1.54) is 0 Å². The van der Waals surface area contributed by atoms with Gasteiger partial charge in [-0.15, -0.1) is 0 Å². The van der Waals surface area contributed by atoms with Crippen LogP contribution in [-0.4, -0.2) is 16.9 Å². The van der Waals surface area contributed by atoms with Gasteiger partial charge in [0.1, 0.15) is 5.82 Å². The topological polar surface area (TPSA) is 54.0 Å². The van der Waals surface area contributed by atoms with E-state index in [0.717, 1.165) is 5.69 Å². The first-order chi connectivity index (χ1) is 7.49. The van der Waals surface area contributed by atoms with E-state index < -0.39 is 0 Å². The Morgan fingerprint density at radius 3 is 2.56 bits per heavy atom. The van der Waals surface area contributed by atoms with Crippen molar-refractivity contribution in [2.24, 2.45) is 5.92 Å². The minimum atomic E-state index is -0.0384. The Hall–Kier alpha value is -1.58. The highest BCUT2D eigenvalue weighted by molar-refractivity contribution is 5.91. The van der Waals surface area contributed by atoms with Gasteiger partial charge in [0.05, 0.1) is 0 Å². The van der Waals surface area contributed by atoms with Gasteiger partial charge >= 0.3 is 0 Å². The highest BCUT2D eigenvalue weighted by Crippen LogP contribution is 2.13. The van der Waals surface area contributed by atoms with E-state index >= 15 is 0 Å². The molecule has 4 nitrogen and oxygen atoms in total. The fraction of sp³-hybridized carbons (Fsp3) is 0.500. The Morgan fingerprint density at radius 1 is 1.31 bits per heavy atom. The Kier molecular flexibility index (Phi) is 4.28. The number of nitrogens with zero attached hydrogens (tertiary/aromatic N) is 1. The molecule has 1 aromatic heterocycles. The third-order valence-electron chi connectivity index (χ3n) is 1.99. The highest BCUT2D eigenvalue weighted by atomic mass is 16.1. The Morgan fingerprint density at radius 2 is 2.00 bits per heavy atom. The molecule has 0 unspecified atom stereocenters. The Labute approximate surface area is 96.5 Å². The molecule has 0 saturated heterocycles. The standard InChI is InChI=1S/C12H19N3O/c1-8(2)12(16)15-11-7-10(5-6-13-11)14-9(3)4/h5-9H,1-4H3,(H2,13,14,15,16). The third-order valence-corrected chi connectivity index (χ3v) is 1.99. The van der Waals surface area contributed by atoms with E-state index in [0.29, 0.717) is 11.9 Å². The van der Waals surface area contributed by atoms with Gasteiger partial charge in [0.15, 0.2) is 0 Å². The summed E-state index contributed by atoms with van der Waals surface area (Å²) in [6.45, 7) is 7.83. The number of aromatic nitrogens is 1. The Bertz CT molecular complexity index is 361. The molecule has 1 rings (SSSR count). The first-order valence-electron chi connectivity index (χ1n) is 5.52. The van der Waals surface area contributed by atoms with Crippen molar-refractivity contribution in [1.29, 1.82) is 0 Å². The monoisotopic (exact) mass is 221 g/mol. The normalized spacial score (nSPS) is 10.6. The lowest BCUT2D eigenvalue weighted by Crippen LogP contribution is -2.18. The van der Waals surface area contributed by atoms with Gasteiger partial charge in [0.25, 0.3) is 0 Å². The summed E-state index contributed by atoms with van der Waals surface area (Å²) in [6.07, 6.45) is 1.68. The van der Waals surface area contributed by atoms with Crippen LogP contribution in [0.2, 0.25) is 0 Å². The van der Waals surface area contributed by atoms with Crippen LogP contribution in [0, 0.1) is 5.92 Å². The van der Waals surface area contributed by atoms with Gasteiger partial charge in [0, 0.05) is 29.9 Å². The van der Waals surface area contributed by atoms with Gasteiger partial charge in [-0.25, -0.2) is 4.98 Å². The van der Waals surface area contributed by atoms with E-state index in [2.05, 4.69) is 29.5 Å². The third kappa shape index (κ3) is 3.88. The first-order valence-corrected chi connectivity index (χ1v) is 5.52. The molecule has 0 fully saturated rings. The molecule has 1 amide bonds. The average Bonchev–Trinajstić information content (AvgIpc) is 2.16. The van der Waals surface area contributed by atoms with Crippen LogP contribution >= 0.6 is 0 Å². The molecule has 0 aliphatic heterocycles. The minimum Gasteiger partial charge on any atom is -0.383 e. The zero-order chi connectivity index (χ0) is 12.1. The molecule has 0 radical (unpaired) electrons. The van der Waals surface area contributed by atoms with Crippen LogP contribution in [0.1, 0.15) is 27.7 Å². The van der Waals surface area contributed by atoms with E-state index in [1.807, 2.05) is 26.0 Å². The van der Waals surface area contributed by atoms with Gasteiger partial charge in [-0.3, -0.25) is 4.79 Å². The summed E-state index contributed by atoms with van der Waals surface area (Å²) in [4.78, 5) is 15.6. The molecule has 0 aliphatic carbocycles. The van der Waals surface area contributed by atoms with Crippen LogP contribution < -0.4 is 10.6 Å². The smallest absolute Gasteiger partial charge is 0.228 e. The number of amides is 1. The zero-order valence-electron chi connectivity index (χ0n) is 10.2. The summed E-state index contributed by atoms with van der Waals surface area (Å²) >= 11 is 0. The maximum Gasteiger partial charge on any atom is 0.228 e. The van der Waals surface area contributed by atoms with E-state index in [1.54, 1.807) is 6.20 Å². The molecule has 1 aromatic rings. The van der Waals surface area contributed by atoms with Crippen molar-refractivity contribution < 1.29 is 4.79 Å². The first kappa shape index (κ1) is 12.5. The molecule has 0 bridgehead atoms. The molecule has 2 N–H and O–H groups in total. The molecule has 16 heavy (non-hydrogen) atoms. The molecule has 0 spiro atoms. The number of pyridine rings is 1. The summed E-state index contributed by atoms with van der Waals surface area (Å²) in [5, 5.41) is 6.02. The van der Waals surface area contributed by atoms with Gasteiger partial charge in [-0.1, -0.05) is 13.8 Å². The predicted octanol–water partition coefficient (Wildman–Crippen LogP) is 2.50. The van der Waals surface area contributed by atoms with Crippen molar-refractivity contribution in [2.45, 2.75) is 33.7 Å². The van der Waals surface area contributed by atoms with Gasteiger partial charge in [-0.05, 0) is 19.9 Å². The van der Waals surface area contributed by atoms with Crippen LogP contribution in [0.3, 0.4) is 0 Å². The predicted molar refractivity (Wildman–Crippen MR) is 66.5 cm³/mol. The van der Waals surface area contributed by atoms with Crippen molar-refractivity contribution in [3.05, 3.63) is 18.3 Å². The number of hydrogen-bond acceptors (Lipinski definition) is 3. The lowest BCUT2D eigenvalue weighted by molar-refractivity contribution is -0.118. The second kappa shape index (κ2) is 5.49. The van der Waals surface area contributed by atoms with Crippen molar-refractivity contribution >= 4 is 17.4 Å². The highest BCUT2D eigenvalue weighted by Gasteiger charge is 2.08.